The molecule has 2 rings (SSSR count). The van der Waals surface area contributed by atoms with E-state index in [-0.39, 0.29) is 9.79 Å². The van der Waals surface area contributed by atoms with Gasteiger partial charge in [0.15, 0.2) is 0 Å². The van der Waals surface area contributed by atoms with E-state index in [1.165, 1.54) is 43.4 Å². The summed E-state index contributed by atoms with van der Waals surface area (Å²) in [5, 5.41) is 0.490. The molecule has 118 valence electrons. The Kier molecular flexibility index (Phi) is 4.76. The standard InChI is InChI=1S/C13H13ClN2O4S2/c1-15-21(17,18)12-6-8-13(9-7-12)22(19,20)16-11-4-2-10(14)3-5-11/h2-9,15-16H,1H3. The van der Waals surface area contributed by atoms with Crippen molar-refractivity contribution < 1.29 is 16.8 Å². The second-order valence-electron chi connectivity index (χ2n) is 4.29. The quantitative estimate of drug-likeness (QED) is 0.853. The second kappa shape index (κ2) is 6.25. The zero-order chi connectivity index (χ0) is 16.4. The van der Waals surface area contributed by atoms with Gasteiger partial charge in [-0.05, 0) is 55.6 Å². The number of benzene rings is 2. The van der Waals surface area contributed by atoms with Crippen LogP contribution in [0.3, 0.4) is 0 Å². The lowest BCUT2D eigenvalue weighted by atomic mass is 10.3. The highest BCUT2D eigenvalue weighted by molar-refractivity contribution is 7.92. The Labute approximate surface area is 134 Å². The van der Waals surface area contributed by atoms with Gasteiger partial charge in [-0.1, -0.05) is 11.6 Å². The molecule has 0 aromatic heterocycles. The maximum absolute atomic E-state index is 12.2. The van der Waals surface area contributed by atoms with Crippen molar-refractivity contribution in [3.8, 4) is 0 Å². The normalized spacial score (nSPS) is 12.1. The molecule has 0 atom stereocenters. The number of sulfonamides is 2. The van der Waals surface area contributed by atoms with Crippen LogP contribution < -0.4 is 9.44 Å². The molecule has 9 heteroatoms. The third-order valence-electron chi connectivity index (χ3n) is 2.81. The Bertz CT molecular complexity index is 861. The Morgan fingerprint density at radius 3 is 1.68 bits per heavy atom. The number of anilines is 1. The van der Waals surface area contributed by atoms with Gasteiger partial charge in [-0.3, -0.25) is 4.72 Å². The van der Waals surface area contributed by atoms with E-state index >= 15 is 0 Å². The van der Waals surface area contributed by atoms with E-state index in [0.717, 1.165) is 0 Å². The average molecular weight is 361 g/mol. The van der Waals surface area contributed by atoms with Crippen LogP contribution in [0.1, 0.15) is 0 Å². The number of hydrogen-bond donors (Lipinski definition) is 2. The largest absolute Gasteiger partial charge is 0.280 e. The Hall–Kier alpha value is -1.61. The van der Waals surface area contributed by atoms with Crippen LogP contribution in [0.5, 0.6) is 0 Å². The molecule has 0 aliphatic heterocycles. The number of halogens is 1. The molecule has 2 N–H and O–H groups in total. The van der Waals surface area contributed by atoms with Gasteiger partial charge in [0.1, 0.15) is 0 Å². The van der Waals surface area contributed by atoms with E-state index in [4.69, 9.17) is 11.6 Å². The molecular weight excluding hydrogens is 348 g/mol. The summed E-state index contributed by atoms with van der Waals surface area (Å²) in [6, 6.07) is 11.1. The van der Waals surface area contributed by atoms with Crippen LogP contribution >= 0.6 is 11.6 Å². The number of rotatable bonds is 5. The fraction of sp³-hybridized carbons (Fsp3) is 0.0769. The molecule has 6 nitrogen and oxygen atoms in total. The first-order valence-electron chi connectivity index (χ1n) is 6.06. The Morgan fingerprint density at radius 2 is 1.23 bits per heavy atom. The van der Waals surface area contributed by atoms with Crippen LogP contribution in [0.2, 0.25) is 5.02 Å². The van der Waals surface area contributed by atoms with Crippen molar-refractivity contribution in [1.82, 2.24) is 4.72 Å². The summed E-state index contributed by atoms with van der Waals surface area (Å²) >= 11 is 5.73. The van der Waals surface area contributed by atoms with E-state index in [1.54, 1.807) is 12.1 Å². The maximum Gasteiger partial charge on any atom is 0.261 e. The van der Waals surface area contributed by atoms with Crippen LogP contribution in [0.4, 0.5) is 5.69 Å². The molecule has 0 spiro atoms. The lowest BCUT2D eigenvalue weighted by molar-refractivity contribution is 0.587. The molecule has 0 saturated heterocycles. The number of nitrogens with one attached hydrogen (secondary N) is 2. The monoisotopic (exact) mass is 360 g/mol. The minimum Gasteiger partial charge on any atom is -0.280 e. The van der Waals surface area contributed by atoms with E-state index in [2.05, 4.69) is 9.44 Å². The van der Waals surface area contributed by atoms with Gasteiger partial charge in [0.25, 0.3) is 10.0 Å². The first kappa shape index (κ1) is 16.8. The summed E-state index contributed by atoms with van der Waals surface area (Å²) in [5.74, 6) is 0. The minimum atomic E-state index is -3.80. The molecule has 0 bridgehead atoms. The van der Waals surface area contributed by atoms with Crippen LogP contribution in [0, 0.1) is 0 Å². The van der Waals surface area contributed by atoms with Crippen molar-refractivity contribution in [3.05, 3.63) is 53.6 Å². The van der Waals surface area contributed by atoms with Gasteiger partial charge in [0.2, 0.25) is 10.0 Å². The van der Waals surface area contributed by atoms with E-state index in [1.807, 2.05) is 0 Å². The zero-order valence-electron chi connectivity index (χ0n) is 11.4. The van der Waals surface area contributed by atoms with Crippen molar-refractivity contribution in [1.29, 1.82) is 0 Å². The summed E-state index contributed by atoms with van der Waals surface area (Å²) in [6.45, 7) is 0. The highest BCUT2D eigenvalue weighted by atomic mass is 35.5. The second-order valence-corrected chi connectivity index (χ2v) is 8.30. The summed E-state index contributed by atoms with van der Waals surface area (Å²) in [7, 11) is -6.13. The molecule has 0 radical (unpaired) electrons. The van der Waals surface area contributed by atoms with Crippen LogP contribution in [0.15, 0.2) is 58.3 Å². The third kappa shape index (κ3) is 3.77. The highest BCUT2D eigenvalue weighted by Crippen LogP contribution is 2.19. The fourth-order valence-electron chi connectivity index (χ4n) is 1.65. The van der Waals surface area contributed by atoms with Gasteiger partial charge in [0.05, 0.1) is 9.79 Å². The van der Waals surface area contributed by atoms with Gasteiger partial charge < -0.3 is 0 Å². The van der Waals surface area contributed by atoms with Crippen molar-refractivity contribution in [2.75, 3.05) is 11.8 Å². The Balaban J connectivity index is 2.28. The van der Waals surface area contributed by atoms with Crippen molar-refractivity contribution in [2.24, 2.45) is 0 Å². The maximum atomic E-state index is 12.2. The zero-order valence-corrected chi connectivity index (χ0v) is 13.8. The third-order valence-corrected chi connectivity index (χ3v) is 5.89. The van der Waals surface area contributed by atoms with Gasteiger partial charge in [-0.15, -0.1) is 0 Å². The summed E-state index contributed by atoms with van der Waals surface area (Å²) in [4.78, 5) is -0.0575. The lowest BCUT2D eigenvalue weighted by Gasteiger charge is -2.09. The van der Waals surface area contributed by atoms with Gasteiger partial charge in [-0.25, -0.2) is 21.6 Å². The minimum absolute atomic E-state index is 0.0135. The molecule has 0 aliphatic carbocycles. The molecule has 2 aromatic rings. The molecule has 0 fully saturated rings. The van der Waals surface area contributed by atoms with E-state index in [0.29, 0.717) is 10.7 Å². The molecule has 0 aliphatic rings. The molecule has 2 aromatic carbocycles. The van der Waals surface area contributed by atoms with Gasteiger partial charge in [-0.2, -0.15) is 0 Å². The lowest BCUT2D eigenvalue weighted by Crippen LogP contribution is -2.19. The molecule has 0 unspecified atom stereocenters. The predicted molar refractivity (Wildman–Crippen MR) is 84.9 cm³/mol. The Morgan fingerprint density at radius 1 is 0.773 bits per heavy atom. The van der Waals surface area contributed by atoms with Crippen molar-refractivity contribution in [2.45, 2.75) is 9.79 Å². The molecular formula is C13H13ClN2O4S2. The topological polar surface area (TPSA) is 92.3 Å². The predicted octanol–water partition coefficient (Wildman–Crippen LogP) is 2.05. The summed E-state index contributed by atoms with van der Waals surface area (Å²) in [6.07, 6.45) is 0. The first-order chi connectivity index (χ1) is 10.2. The first-order valence-corrected chi connectivity index (χ1v) is 9.41. The molecule has 22 heavy (non-hydrogen) atoms. The van der Waals surface area contributed by atoms with E-state index in [9.17, 15) is 16.8 Å². The number of hydrogen-bond acceptors (Lipinski definition) is 4. The van der Waals surface area contributed by atoms with Crippen molar-refractivity contribution in [3.63, 3.8) is 0 Å². The highest BCUT2D eigenvalue weighted by Gasteiger charge is 2.17. The van der Waals surface area contributed by atoms with E-state index < -0.39 is 20.0 Å². The SMILES string of the molecule is CNS(=O)(=O)c1ccc(S(=O)(=O)Nc2ccc(Cl)cc2)cc1. The van der Waals surface area contributed by atoms with Gasteiger partial charge in [0, 0.05) is 10.7 Å². The average Bonchev–Trinajstić information content (AvgIpc) is 2.49. The van der Waals surface area contributed by atoms with Crippen LogP contribution in [-0.4, -0.2) is 23.9 Å². The smallest absolute Gasteiger partial charge is 0.261 e. The van der Waals surface area contributed by atoms with Crippen molar-refractivity contribution >= 4 is 37.3 Å². The van der Waals surface area contributed by atoms with Crippen LogP contribution in [-0.2, 0) is 20.0 Å². The summed E-state index contributed by atoms with van der Waals surface area (Å²) in [5.41, 5.74) is 0.358. The fourth-order valence-corrected chi connectivity index (χ4v) is 3.56. The molecule has 0 saturated carbocycles. The molecule has 0 amide bonds. The van der Waals surface area contributed by atoms with Gasteiger partial charge >= 0.3 is 0 Å². The molecule has 0 heterocycles. The van der Waals surface area contributed by atoms with Crippen LogP contribution in [0.25, 0.3) is 0 Å². The summed E-state index contributed by atoms with van der Waals surface area (Å²) < 4.78 is 52.1.